The third-order valence-electron chi connectivity index (χ3n) is 3.96. The first kappa shape index (κ1) is 15.0. The van der Waals surface area contributed by atoms with Gasteiger partial charge in [0.2, 0.25) is 0 Å². The van der Waals surface area contributed by atoms with E-state index < -0.39 is 11.9 Å². The van der Waals surface area contributed by atoms with E-state index in [0.29, 0.717) is 18.9 Å². The number of alkyl halides is 3. The Labute approximate surface area is 125 Å². The van der Waals surface area contributed by atoms with E-state index in [0.717, 1.165) is 31.4 Å². The maximum Gasteiger partial charge on any atom is 0.432 e. The zero-order valence-corrected chi connectivity index (χ0v) is 12.1. The number of nitrogens with zero attached hydrogens (tertiary/aromatic N) is 5. The van der Waals surface area contributed by atoms with Gasteiger partial charge >= 0.3 is 6.18 Å². The number of hydrogen-bond acceptors (Lipinski definition) is 4. The van der Waals surface area contributed by atoms with Crippen LogP contribution in [0.2, 0.25) is 0 Å². The van der Waals surface area contributed by atoms with Gasteiger partial charge in [0.1, 0.15) is 23.7 Å². The molecule has 0 amide bonds. The highest BCUT2D eigenvalue weighted by atomic mass is 19.4. The van der Waals surface area contributed by atoms with Gasteiger partial charge in [-0.15, -0.1) is 10.2 Å². The number of piperidine rings is 1. The lowest BCUT2D eigenvalue weighted by Gasteiger charge is -2.31. The van der Waals surface area contributed by atoms with Crippen LogP contribution in [-0.2, 0) is 19.8 Å². The first-order valence-electron chi connectivity index (χ1n) is 7.11. The molecule has 1 saturated heterocycles. The molecule has 1 aliphatic rings. The molecule has 1 atom stereocenters. The van der Waals surface area contributed by atoms with Crippen LogP contribution in [0.25, 0.3) is 0 Å². The van der Waals surface area contributed by atoms with Crippen LogP contribution in [0.4, 0.5) is 13.2 Å². The Bertz CT molecular complexity index is 632. The van der Waals surface area contributed by atoms with Crippen molar-refractivity contribution in [1.29, 1.82) is 0 Å². The van der Waals surface area contributed by atoms with Crippen molar-refractivity contribution in [2.75, 3.05) is 13.1 Å². The molecule has 3 rings (SSSR count). The summed E-state index contributed by atoms with van der Waals surface area (Å²) in [7, 11) is 1.87. The summed E-state index contributed by atoms with van der Waals surface area (Å²) < 4.78 is 39.8. The van der Waals surface area contributed by atoms with Crippen molar-refractivity contribution < 1.29 is 13.2 Å². The van der Waals surface area contributed by atoms with Crippen molar-refractivity contribution in [2.45, 2.75) is 31.5 Å². The van der Waals surface area contributed by atoms with Crippen molar-refractivity contribution in [2.24, 2.45) is 7.05 Å². The predicted octanol–water partition coefficient (Wildman–Crippen LogP) is 1.94. The molecule has 0 aromatic carbocycles. The topological polar surface area (TPSA) is 62.6 Å². The van der Waals surface area contributed by atoms with E-state index >= 15 is 0 Å². The molecule has 0 saturated carbocycles. The summed E-state index contributed by atoms with van der Waals surface area (Å²) >= 11 is 0. The molecule has 3 heterocycles. The molecule has 0 spiro atoms. The molecule has 0 radical (unpaired) electrons. The van der Waals surface area contributed by atoms with E-state index in [9.17, 15) is 13.2 Å². The molecule has 2 aromatic heterocycles. The fourth-order valence-corrected chi connectivity index (χ4v) is 2.76. The summed E-state index contributed by atoms with van der Waals surface area (Å²) in [6.07, 6.45) is -0.112. The minimum atomic E-state index is -4.38. The molecule has 1 N–H and O–H groups in total. The largest absolute Gasteiger partial charge is 0.432 e. The number of aromatic nitrogens is 5. The fraction of sp³-hybridized carbons (Fsp3) is 0.615. The molecule has 22 heavy (non-hydrogen) atoms. The summed E-state index contributed by atoms with van der Waals surface area (Å²) in [5.74, 6) is 1.24. The maximum atomic E-state index is 12.6. The summed E-state index contributed by atoms with van der Waals surface area (Å²) in [6, 6.07) is 0. The monoisotopic (exact) mass is 314 g/mol. The number of imidazole rings is 1. The fourth-order valence-electron chi connectivity index (χ4n) is 2.76. The Morgan fingerprint density at radius 2 is 2.23 bits per heavy atom. The third-order valence-corrected chi connectivity index (χ3v) is 3.96. The normalized spacial score (nSPS) is 20.5. The first-order chi connectivity index (χ1) is 10.4. The molecular weight excluding hydrogens is 297 g/mol. The minimum Gasteiger partial charge on any atom is -0.338 e. The molecule has 120 valence electrons. The highest BCUT2D eigenvalue weighted by Gasteiger charge is 2.34. The van der Waals surface area contributed by atoms with Crippen LogP contribution in [0, 0.1) is 0 Å². The minimum absolute atomic E-state index is 0.0157. The zero-order chi connectivity index (χ0) is 15.7. The average Bonchev–Trinajstić information content (AvgIpc) is 3.09. The number of aromatic amines is 1. The van der Waals surface area contributed by atoms with Crippen LogP contribution in [0.3, 0.4) is 0 Å². The number of likely N-dealkylation sites (tertiary alicyclic amines) is 1. The summed E-state index contributed by atoms with van der Waals surface area (Å²) in [5.41, 5.74) is -0.784. The van der Waals surface area contributed by atoms with Gasteiger partial charge in [0.05, 0.1) is 12.7 Å². The van der Waals surface area contributed by atoms with Crippen molar-refractivity contribution in [1.82, 2.24) is 29.6 Å². The lowest BCUT2D eigenvalue weighted by Crippen LogP contribution is -2.35. The van der Waals surface area contributed by atoms with Gasteiger partial charge in [-0.1, -0.05) is 0 Å². The zero-order valence-electron chi connectivity index (χ0n) is 12.1. The van der Waals surface area contributed by atoms with Crippen LogP contribution in [0.5, 0.6) is 0 Å². The first-order valence-corrected chi connectivity index (χ1v) is 7.11. The van der Waals surface area contributed by atoms with E-state index in [1.807, 2.05) is 11.6 Å². The van der Waals surface area contributed by atoms with Gasteiger partial charge in [-0.25, -0.2) is 4.98 Å². The van der Waals surface area contributed by atoms with Gasteiger partial charge in [0.25, 0.3) is 0 Å². The highest BCUT2D eigenvalue weighted by Crippen LogP contribution is 2.31. The summed E-state index contributed by atoms with van der Waals surface area (Å²) in [4.78, 5) is 8.51. The number of halogens is 3. The van der Waals surface area contributed by atoms with Gasteiger partial charge in [-0.3, -0.25) is 4.90 Å². The highest BCUT2D eigenvalue weighted by molar-refractivity contribution is 5.09. The Hall–Kier alpha value is -1.90. The summed E-state index contributed by atoms with van der Waals surface area (Å²) in [5, 5.41) is 7.88. The maximum absolute atomic E-state index is 12.6. The van der Waals surface area contributed by atoms with Gasteiger partial charge < -0.3 is 9.55 Å². The van der Waals surface area contributed by atoms with Crippen LogP contribution in [0.1, 0.15) is 36.1 Å². The SMILES string of the molecule is Cn1cnnc1CN1CCC[C@@H](c2ncc(C(F)(F)F)[nH]2)C1. The molecule has 1 fully saturated rings. The van der Waals surface area contributed by atoms with Crippen LogP contribution < -0.4 is 0 Å². The molecule has 2 aromatic rings. The van der Waals surface area contributed by atoms with E-state index in [2.05, 4.69) is 25.1 Å². The summed E-state index contributed by atoms with van der Waals surface area (Å²) in [6.45, 7) is 2.20. The average molecular weight is 314 g/mol. The molecule has 9 heteroatoms. The Balaban J connectivity index is 1.68. The second-order valence-electron chi connectivity index (χ2n) is 5.61. The number of aryl methyl sites for hydroxylation is 1. The van der Waals surface area contributed by atoms with Gasteiger partial charge in [0.15, 0.2) is 0 Å². The lowest BCUT2D eigenvalue weighted by atomic mass is 9.97. The standard InChI is InChI=1S/C13H17F3N6/c1-21-8-18-20-11(21)7-22-4-2-3-9(6-22)12-17-5-10(19-12)13(14,15)16/h5,8-9H,2-4,6-7H2,1H3,(H,17,19)/t9-/m1/s1. The van der Waals surface area contributed by atoms with Crippen molar-refractivity contribution in [3.63, 3.8) is 0 Å². The second-order valence-corrected chi connectivity index (χ2v) is 5.61. The quantitative estimate of drug-likeness (QED) is 0.940. The molecule has 0 aliphatic carbocycles. The third kappa shape index (κ3) is 3.13. The van der Waals surface area contributed by atoms with Gasteiger partial charge in [0, 0.05) is 19.5 Å². The van der Waals surface area contributed by atoms with Crippen LogP contribution in [-0.4, -0.2) is 42.7 Å². The van der Waals surface area contributed by atoms with Gasteiger partial charge in [-0.2, -0.15) is 13.2 Å². The van der Waals surface area contributed by atoms with E-state index in [1.165, 1.54) is 0 Å². The molecule has 0 bridgehead atoms. The van der Waals surface area contributed by atoms with Crippen molar-refractivity contribution in [3.05, 3.63) is 29.9 Å². The molecule has 0 unspecified atom stereocenters. The van der Waals surface area contributed by atoms with E-state index in [4.69, 9.17) is 0 Å². The Morgan fingerprint density at radius 1 is 1.41 bits per heavy atom. The smallest absolute Gasteiger partial charge is 0.338 e. The Kier molecular flexibility index (Phi) is 3.90. The number of nitrogens with one attached hydrogen (secondary N) is 1. The van der Waals surface area contributed by atoms with Gasteiger partial charge in [-0.05, 0) is 19.4 Å². The number of rotatable bonds is 3. The van der Waals surface area contributed by atoms with Crippen molar-refractivity contribution in [3.8, 4) is 0 Å². The van der Waals surface area contributed by atoms with Crippen LogP contribution >= 0.6 is 0 Å². The van der Waals surface area contributed by atoms with E-state index in [-0.39, 0.29) is 5.92 Å². The van der Waals surface area contributed by atoms with E-state index in [1.54, 1.807) is 6.33 Å². The van der Waals surface area contributed by atoms with Crippen LogP contribution in [0.15, 0.2) is 12.5 Å². The Morgan fingerprint density at radius 3 is 2.86 bits per heavy atom. The number of H-pyrrole nitrogens is 1. The molecule has 1 aliphatic heterocycles. The van der Waals surface area contributed by atoms with Crippen molar-refractivity contribution >= 4 is 0 Å². The second kappa shape index (κ2) is 5.71. The lowest BCUT2D eigenvalue weighted by molar-refractivity contribution is -0.141. The predicted molar refractivity (Wildman–Crippen MR) is 71.8 cm³/mol. The number of hydrogen-bond donors (Lipinski definition) is 1. The molecule has 6 nitrogen and oxygen atoms in total. The molecular formula is C13H17F3N6.